The molecule has 12 nitrogen and oxygen atoms in total. The summed E-state index contributed by atoms with van der Waals surface area (Å²) >= 11 is 13.7. The van der Waals surface area contributed by atoms with E-state index in [2.05, 4.69) is 99.3 Å². The maximum atomic E-state index is 13.1. The second-order valence-electron chi connectivity index (χ2n) is 9.31. The Morgan fingerprint density at radius 1 is 1.03 bits per heavy atom. The van der Waals surface area contributed by atoms with Gasteiger partial charge in [0, 0.05) is 37.4 Å². The Morgan fingerprint density at radius 2 is 1.77 bits per heavy atom. The zero-order valence-electron chi connectivity index (χ0n) is 20.4. The summed E-state index contributed by atoms with van der Waals surface area (Å²) in [6, 6.07) is 3.46. The third kappa shape index (κ3) is 5.56. The summed E-state index contributed by atoms with van der Waals surface area (Å²) in [6.45, 7) is 0.641. The fourth-order valence-corrected chi connectivity index (χ4v) is 6.49. The fourth-order valence-electron chi connectivity index (χ4n) is 5.05. The van der Waals surface area contributed by atoms with Crippen LogP contribution >= 0.6 is 63.7 Å². The highest BCUT2D eigenvalue weighted by molar-refractivity contribution is 9.13. The van der Waals surface area contributed by atoms with Gasteiger partial charge in [0.1, 0.15) is 11.4 Å². The summed E-state index contributed by atoms with van der Waals surface area (Å²) in [7, 11) is 1.80. The molecule has 0 bridgehead atoms. The van der Waals surface area contributed by atoms with Crippen molar-refractivity contribution in [2.75, 3.05) is 24.6 Å². The molecule has 0 aliphatic heterocycles. The largest absolute Gasteiger partial charge is 0.369 e. The monoisotopic (exact) mass is 788 g/mol. The van der Waals surface area contributed by atoms with Crippen molar-refractivity contribution in [2.24, 2.45) is 18.9 Å². The van der Waals surface area contributed by atoms with Gasteiger partial charge in [0.2, 0.25) is 0 Å². The van der Waals surface area contributed by atoms with Gasteiger partial charge in [-0.05, 0) is 94.1 Å². The molecule has 4 heterocycles. The average Bonchev–Trinajstić information content (AvgIpc) is 3.64. The van der Waals surface area contributed by atoms with E-state index in [0.29, 0.717) is 41.4 Å². The van der Waals surface area contributed by atoms with E-state index in [9.17, 15) is 9.59 Å². The van der Waals surface area contributed by atoms with Gasteiger partial charge in [-0.2, -0.15) is 0 Å². The van der Waals surface area contributed by atoms with E-state index in [-0.39, 0.29) is 35.5 Å². The number of imidazole rings is 2. The lowest BCUT2D eigenvalue weighted by Crippen LogP contribution is -2.44. The minimum Gasteiger partial charge on any atom is -0.369 e. The van der Waals surface area contributed by atoms with E-state index in [1.165, 1.54) is 0 Å². The van der Waals surface area contributed by atoms with Crippen molar-refractivity contribution in [3.63, 3.8) is 0 Å². The van der Waals surface area contributed by atoms with Crippen molar-refractivity contribution in [1.82, 2.24) is 40.1 Å². The molecular weight excluding hydrogens is 768 g/mol. The van der Waals surface area contributed by atoms with Crippen molar-refractivity contribution in [2.45, 2.75) is 12.3 Å². The van der Waals surface area contributed by atoms with E-state index in [1.54, 1.807) is 29.9 Å². The summed E-state index contributed by atoms with van der Waals surface area (Å²) in [4.78, 5) is 44.2. The number of carbonyl (C=O) groups is 2. The van der Waals surface area contributed by atoms with Gasteiger partial charge in [-0.25, -0.2) is 9.97 Å². The van der Waals surface area contributed by atoms with Crippen LogP contribution in [0.2, 0.25) is 0 Å². The Kier molecular flexibility index (Phi) is 7.99. The number of fused-ring (bicyclic) bond motifs is 1. The number of hydrogen-bond acceptors (Lipinski definition) is 6. The first-order valence-electron chi connectivity index (χ1n) is 11.8. The first-order valence-corrected chi connectivity index (χ1v) is 15.0. The van der Waals surface area contributed by atoms with Gasteiger partial charge in [0.25, 0.3) is 11.8 Å². The highest BCUT2D eigenvalue weighted by Gasteiger charge is 2.41. The molecule has 0 radical (unpaired) electrons. The average molecular weight is 792 g/mol. The first-order chi connectivity index (χ1) is 18.5. The topological polar surface area (TPSA) is 188 Å². The Balaban J connectivity index is 1.44. The second-order valence-corrected chi connectivity index (χ2v) is 12.6. The van der Waals surface area contributed by atoms with Crippen LogP contribution in [0.4, 0.5) is 11.9 Å². The van der Waals surface area contributed by atoms with Gasteiger partial charge in [0.15, 0.2) is 11.9 Å². The molecule has 0 aromatic carbocycles. The molecule has 3 atom stereocenters. The predicted molar refractivity (Wildman–Crippen MR) is 160 cm³/mol. The number of rotatable bonds is 7. The third-order valence-electron chi connectivity index (χ3n) is 6.92. The van der Waals surface area contributed by atoms with Gasteiger partial charge in [-0.15, -0.1) is 0 Å². The number of nitrogens with two attached hydrogens (primary N) is 2. The van der Waals surface area contributed by atoms with Crippen molar-refractivity contribution in [1.29, 1.82) is 0 Å². The number of carbonyl (C=O) groups excluding carboxylic acids is 2. The van der Waals surface area contributed by atoms with Gasteiger partial charge in [-0.3, -0.25) is 9.59 Å². The van der Waals surface area contributed by atoms with Crippen molar-refractivity contribution < 1.29 is 9.59 Å². The van der Waals surface area contributed by atoms with Gasteiger partial charge >= 0.3 is 0 Å². The Labute approximate surface area is 256 Å². The molecule has 3 unspecified atom stereocenters. The molecule has 0 saturated carbocycles. The van der Waals surface area contributed by atoms with Gasteiger partial charge in [0.05, 0.1) is 30.0 Å². The number of nitrogens with zero attached hydrogens (tertiary/aromatic N) is 3. The van der Waals surface area contributed by atoms with Crippen LogP contribution in [-0.2, 0) is 13.5 Å². The number of aromatic nitrogens is 6. The van der Waals surface area contributed by atoms with Crippen LogP contribution in [0, 0.1) is 11.8 Å². The van der Waals surface area contributed by atoms with Crippen LogP contribution in [0.5, 0.6) is 0 Å². The van der Waals surface area contributed by atoms with Crippen LogP contribution in [0.15, 0.2) is 36.5 Å². The Morgan fingerprint density at radius 3 is 2.38 bits per heavy atom. The second kappa shape index (κ2) is 11.1. The van der Waals surface area contributed by atoms with E-state index in [4.69, 9.17) is 11.5 Å². The molecule has 0 spiro atoms. The number of H-pyrrole nitrogens is 3. The lowest BCUT2D eigenvalue weighted by atomic mass is 9.71. The maximum Gasteiger partial charge on any atom is 0.267 e. The van der Waals surface area contributed by atoms with Crippen molar-refractivity contribution >= 4 is 87.4 Å². The number of nitrogens with one attached hydrogen (secondary N) is 5. The number of halogens is 4. The highest BCUT2D eigenvalue weighted by atomic mass is 79.9. The molecular formula is C23H24Br4N10O2. The summed E-state index contributed by atoms with van der Waals surface area (Å²) in [5.74, 6) is -0.500. The van der Waals surface area contributed by atoms with Gasteiger partial charge in [-0.1, -0.05) is 0 Å². The van der Waals surface area contributed by atoms with Crippen LogP contribution in [0.3, 0.4) is 0 Å². The molecule has 4 aromatic rings. The molecule has 0 fully saturated rings. The third-order valence-corrected chi connectivity index (χ3v) is 10.8. The Hall–Kier alpha value is -2.56. The number of amides is 2. The molecule has 9 N–H and O–H groups in total. The fraction of sp³-hybridized carbons (Fsp3) is 0.304. The van der Waals surface area contributed by atoms with Crippen molar-refractivity contribution in [3.05, 3.63) is 65.0 Å². The number of nitrogen functional groups attached to an aromatic ring is 2. The molecule has 1 aliphatic carbocycles. The Bertz CT molecular complexity index is 1530. The van der Waals surface area contributed by atoms with E-state index in [1.807, 2.05) is 0 Å². The van der Waals surface area contributed by atoms with Crippen LogP contribution in [0.25, 0.3) is 0 Å². The lowest BCUT2D eigenvalue weighted by Gasteiger charge is -2.37. The molecule has 16 heteroatoms. The van der Waals surface area contributed by atoms with Gasteiger partial charge < -0.3 is 41.6 Å². The summed E-state index contributed by atoms with van der Waals surface area (Å²) in [6.07, 6.45) is 2.24. The molecule has 2 amide bonds. The normalized spacial score (nSPS) is 18.6. The van der Waals surface area contributed by atoms with Crippen LogP contribution in [-0.4, -0.2) is 54.4 Å². The number of aromatic amines is 3. The molecule has 206 valence electrons. The minimum atomic E-state index is -0.310. The quantitative estimate of drug-likeness (QED) is 0.149. The van der Waals surface area contributed by atoms with E-state index in [0.717, 1.165) is 30.6 Å². The highest BCUT2D eigenvalue weighted by Crippen LogP contribution is 2.42. The van der Waals surface area contributed by atoms with E-state index < -0.39 is 0 Å². The summed E-state index contributed by atoms with van der Waals surface area (Å²) in [5, 5.41) is 6.12. The zero-order chi connectivity index (χ0) is 28.0. The molecule has 1 aliphatic rings. The van der Waals surface area contributed by atoms with Crippen LogP contribution in [0.1, 0.15) is 44.0 Å². The zero-order valence-corrected chi connectivity index (χ0v) is 26.8. The first kappa shape index (κ1) is 28.0. The number of hydrogen-bond donors (Lipinski definition) is 7. The molecule has 0 saturated heterocycles. The summed E-state index contributed by atoms with van der Waals surface area (Å²) < 4.78 is 4.72. The molecule has 4 aromatic heterocycles. The van der Waals surface area contributed by atoms with Crippen LogP contribution < -0.4 is 22.1 Å². The lowest BCUT2D eigenvalue weighted by molar-refractivity contribution is 0.0904. The maximum absolute atomic E-state index is 13.1. The number of anilines is 2. The molecule has 5 rings (SSSR count). The SMILES string of the molecule is Cn1c(C(=O)NCC2Cc3[nH]c(N)nc3C(c3cnc(N)[nH]3)C2CNC(=O)c2cc(Br)c(Br)[nH]2)cc(Br)c1Br. The molecule has 39 heavy (non-hydrogen) atoms. The summed E-state index contributed by atoms with van der Waals surface area (Å²) in [5.41, 5.74) is 15.3. The van der Waals surface area contributed by atoms with Crippen molar-refractivity contribution in [3.8, 4) is 0 Å². The smallest absolute Gasteiger partial charge is 0.267 e. The predicted octanol–water partition coefficient (Wildman–Crippen LogP) is 3.79. The van der Waals surface area contributed by atoms with E-state index >= 15 is 0 Å². The minimum absolute atomic E-state index is 0.0922. The standard InChI is InChI=1S/C23H24Br4N10O2/c1-37-15(4-11(25)19(37)27)21(39)30-5-8-2-12-17(36-23(29)34-12)16(14-7-32-22(28)35-14)9(8)6-31-20(38)13-3-10(24)18(26)33-13/h3-4,7-9,16,33H,2,5-6H2,1H3,(H,30,39)(H,31,38)(H3,28,32,35)(H3,29,34,36).